The molecular formula is C25H25FNO5P. The second-order valence-corrected chi connectivity index (χ2v) is 10.3. The number of aromatic nitrogens is 1. The van der Waals surface area contributed by atoms with E-state index in [0.717, 1.165) is 16.5 Å². The number of fused-ring (bicyclic) bond motifs is 1. The Morgan fingerprint density at radius 1 is 1.18 bits per heavy atom. The summed E-state index contributed by atoms with van der Waals surface area (Å²) in [5, 5.41) is 19.7. The maximum absolute atomic E-state index is 13.6. The Hall–Kier alpha value is -3.04. The van der Waals surface area contributed by atoms with Crippen molar-refractivity contribution >= 4 is 24.2 Å². The minimum Gasteiger partial charge on any atom is -0.481 e. The fourth-order valence-corrected chi connectivity index (χ4v) is 4.93. The average Bonchev–Trinajstić information content (AvgIpc) is 2.76. The number of carboxylic acids is 1. The first-order valence-electron chi connectivity index (χ1n) is 10.4. The van der Waals surface area contributed by atoms with Crippen LogP contribution in [0.3, 0.4) is 0 Å². The average molecular weight is 469 g/mol. The summed E-state index contributed by atoms with van der Waals surface area (Å²) in [5.41, 5.74) is 5.99. The molecule has 6 nitrogen and oxygen atoms in total. The zero-order valence-corrected chi connectivity index (χ0v) is 19.5. The largest absolute Gasteiger partial charge is 0.481 e. The molecule has 8 heteroatoms. The van der Waals surface area contributed by atoms with Gasteiger partial charge in [-0.3, -0.25) is 9.36 Å². The molecule has 2 aromatic carbocycles. The number of aliphatic hydroxyl groups excluding tert-OH is 1. The molecule has 0 spiro atoms. The summed E-state index contributed by atoms with van der Waals surface area (Å²) in [4.78, 5) is 15.6. The monoisotopic (exact) mass is 469 g/mol. The van der Waals surface area contributed by atoms with Crippen molar-refractivity contribution in [2.45, 2.75) is 32.3 Å². The molecule has 0 aliphatic rings. The summed E-state index contributed by atoms with van der Waals surface area (Å²) in [6.07, 6.45) is -2.34. The molecule has 0 bridgehead atoms. The molecule has 0 saturated heterocycles. The molecule has 2 N–H and O–H groups in total. The highest BCUT2D eigenvalue weighted by Crippen LogP contribution is 2.46. The predicted octanol–water partition coefficient (Wildman–Crippen LogP) is 5.23. The van der Waals surface area contributed by atoms with E-state index in [1.54, 1.807) is 12.1 Å². The van der Waals surface area contributed by atoms with Gasteiger partial charge in [-0.25, -0.2) is 9.37 Å². The standard InChI is InChI=1S/C25H25FNO5P/c1-16(2)24-20-6-4-5-7-22(20)27-25(17-8-10-18(26)11-9-17)21(24)12-13-33(31,32-3)15-19(28)14-23(29)30/h4-11,16,19,28H,14-15H2,1-3H3,(H,29,30). The van der Waals surface area contributed by atoms with Crippen molar-refractivity contribution in [1.29, 1.82) is 0 Å². The molecule has 0 aliphatic carbocycles. The van der Waals surface area contributed by atoms with Crippen molar-refractivity contribution in [3.8, 4) is 22.8 Å². The van der Waals surface area contributed by atoms with Crippen molar-refractivity contribution in [1.82, 2.24) is 4.98 Å². The number of aliphatic carboxylic acids is 1. The zero-order chi connectivity index (χ0) is 24.2. The van der Waals surface area contributed by atoms with Crippen molar-refractivity contribution < 1.29 is 28.5 Å². The summed E-state index contributed by atoms with van der Waals surface area (Å²) in [7, 11) is -2.46. The number of hydrogen-bond acceptors (Lipinski definition) is 5. The number of carbonyl (C=O) groups is 1. The van der Waals surface area contributed by atoms with Gasteiger partial charge in [-0.15, -0.1) is 0 Å². The molecule has 0 aliphatic heterocycles. The van der Waals surface area contributed by atoms with E-state index in [9.17, 15) is 18.9 Å². The molecule has 3 rings (SSSR count). The second kappa shape index (κ2) is 10.3. The van der Waals surface area contributed by atoms with E-state index in [1.807, 2.05) is 38.1 Å². The topological polar surface area (TPSA) is 96.7 Å². The minimum absolute atomic E-state index is 0.0286. The van der Waals surface area contributed by atoms with Gasteiger partial charge in [-0.05, 0) is 47.5 Å². The van der Waals surface area contributed by atoms with Crippen LogP contribution in [0.25, 0.3) is 22.2 Å². The number of para-hydroxylation sites is 1. The second-order valence-electron chi connectivity index (χ2n) is 7.95. The minimum atomic E-state index is -3.67. The van der Waals surface area contributed by atoms with Gasteiger partial charge in [-0.1, -0.05) is 38.0 Å². The third-order valence-electron chi connectivity index (χ3n) is 5.14. The van der Waals surface area contributed by atoms with Crippen molar-refractivity contribution in [2.24, 2.45) is 0 Å². The maximum atomic E-state index is 13.6. The van der Waals surface area contributed by atoms with E-state index < -0.39 is 32.0 Å². The lowest BCUT2D eigenvalue weighted by Crippen LogP contribution is -2.17. The quantitative estimate of drug-likeness (QED) is 0.363. The van der Waals surface area contributed by atoms with E-state index in [1.165, 1.54) is 19.2 Å². The zero-order valence-electron chi connectivity index (χ0n) is 18.6. The summed E-state index contributed by atoms with van der Waals surface area (Å²) in [6, 6.07) is 13.5. The van der Waals surface area contributed by atoms with Crippen LogP contribution in [0.4, 0.5) is 4.39 Å². The van der Waals surface area contributed by atoms with E-state index in [-0.39, 0.29) is 11.7 Å². The molecule has 0 amide bonds. The fourth-order valence-electron chi connectivity index (χ4n) is 3.63. The van der Waals surface area contributed by atoms with Gasteiger partial charge in [0.15, 0.2) is 0 Å². The van der Waals surface area contributed by atoms with Gasteiger partial charge in [0.1, 0.15) is 5.82 Å². The predicted molar refractivity (Wildman–Crippen MR) is 126 cm³/mol. The number of carboxylic acid groups (broad SMARTS) is 1. The van der Waals surface area contributed by atoms with E-state index in [2.05, 4.69) is 11.6 Å². The number of halogens is 1. The molecule has 2 unspecified atom stereocenters. The van der Waals surface area contributed by atoms with Gasteiger partial charge < -0.3 is 14.7 Å². The maximum Gasteiger partial charge on any atom is 0.305 e. The molecule has 1 heterocycles. The number of hydrogen-bond donors (Lipinski definition) is 2. The number of rotatable bonds is 7. The molecular weight excluding hydrogens is 444 g/mol. The third-order valence-corrected chi connectivity index (χ3v) is 7.08. The SMILES string of the molecule is COP(=O)(C#Cc1c(-c2ccc(F)cc2)nc2ccccc2c1C(C)C)CC(O)CC(=O)O. The highest BCUT2D eigenvalue weighted by molar-refractivity contribution is 7.64. The lowest BCUT2D eigenvalue weighted by molar-refractivity contribution is -0.138. The first kappa shape index (κ1) is 24.6. The van der Waals surface area contributed by atoms with Crippen LogP contribution >= 0.6 is 7.37 Å². The molecule has 0 saturated carbocycles. The highest BCUT2D eigenvalue weighted by atomic mass is 31.2. The molecule has 0 fully saturated rings. The first-order chi connectivity index (χ1) is 15.6. The molecule has 1 aromatic heterocycles. The summed E-state index contributed by atoms with van der Waals surface area (Å²) < 4.78 is 31.8. The van der Waals surface area contributed by atoms with E-state index in [0.29, 0.717) is 16.8 Å². The van der Waals surface area contributed by atoms with Gasteiger partial charge >= 0.3 is 5.97 Å². The molecule has 172 valence electrons. The molecule has 0 radical (unpaired) electrons. The normalized spacial score (nSPS) is 13.9. The van der Waals surface area contributed by atoms with Crippen LogP contribution in [0.2, 0.25) is 0 Å². The number of benzene rings is 2. The smallest absolute Gasteiger partial charge is 0.305 e. The van der Waals surface area contributed by atoms with Crippen LogP contribution in [0.5, 0.6) is 0 Å². The summed E-state index contributed by atoms with van der Waals surface area (Å²) in [5.74, 6) is 1.40. The van der Waals surface area contributed by atoms with Gasteiger partial charge in [-0.2, -0.15) is 0 Å². The fraction of sp³-hybridized carbons (Fsp3) is 0.280. The Kier molecular flexibility index (Phi) is 7.65. The third kappa shape index (κ3) is 5.85. The molecule has 3 aromatic rings. The van der Waals surface area contributed by atoms with Gasteiger partial charge in [0.25, 0.3) is 7.37 Å². The lowest BCUT2D eigenvalue weighted by Gasteiger charge is -2.17. The van der Waals surface area contributed by atoms with Gasteiger partial charge in [0.05, 0.1) is 35.5 Å². The van der Waals surface area contributed by atoms with Gasteiger partial charge in [0, 0.05) is 18.1 Å². The molecule has 33 heavy (non-hydrogen) atoms. The van der Waals surface area contributed by atoms with Crippen LogP contribution in [-0.2, 0) is 13.9 Å². The van der Waals surface area contributed by atoms with Crippen molar-refractivity contribution in [3.63, 3.8) is 0 Å². The Morgan fingerprint density at radius 2 is 1.85 bits per heavy atom. The van der Waals surface area contributed by atoms with E-state index in [4.69, 9.17) is 14.6 Å². The Balaban J connectivity index is 2.23. The Morgan fingerprint density at radius 3 is 2.45 bits per heavy atom. The van der Waals surface area contributed by atoms with Crippen LogP contribution in [-0.4, -0.2) is 40.5 Å². The first-order valence-corrected chi connectivity index (χ1v) is 12.2. The summed E-state index contributed by atoms with van der Waals surface area (Å²) >= 11 is 0. The number of pyridine rings is 1. The van der Waals surface area contributed by atoms with E-state index >= 15 is 0 Å². The number of aliphatic hydroxyl groups is 1. The molecule has 2 atom stereocenters. The number of nitrogens with zero attached hydrogens (tertiary/aromatic N) is 1. The van der Waals surface area contributed by atoms with Crippen LogP contribution in [0.1, 0.15) is 37.3 Å². The van der Waals surface area contributed by atoms with Crippen LogP contribution in [0.15, 0.2) is 48.5 Å². The van der Waals surface area contributed by atoms with Gasteiger partial charge in [0.2, 0.25) is 0 Å². The Bertz CT molecular complexity index is 1280. The van der Waals surface area contributed by atoms with Crippen LogP contribution in [0, 0.1) is 17.4 Å². The van der Waals surface area contributed by atoms with Crippen molar-refractivity contribution in [3.05, 3.63) is 65.5 Å². The van der Waals surface area contributed by atoms with Crippen LogP contribution < -0.4 is 0 Å². The Labute approximate surface area is 191 Å². The van der Waals surface area contributed by atoms with Crippen molar-refractivity contribution in [2.75, 3.05) is 13.3 Å². The lowest BCUT2D eigenvalue weighted by atomic mass is 9.90. The highest BCUT2D eigenvalue weighted by Gasteiger charge is 2.26. The summed E-state index contributed by atoms with van der Waals surface area (Å²) in [6.45, 7) is 4.02.